The summed E-state index contributed by atoms with van der Waals surface area (Å²) in [7, 11) is 1.30. The van der Waals surface area contributed by atoms with Gasteiger partial charge in [0.2, 0.25) is 0 Å². The molecule has 0 spiro atoms. The number of rotatable bonds is 7. The molecular formula is C18H18N2O7. The van der Waals surface area contributed by atoms with E-state index in [2.05, 4.69) is 5.32 Å². The Kier molecular flexibility index (Phi) is 6.45. The highest BCUT2D eigenvalue weighted by atomic mass is 16.6. The number of aliphatic hydroxyl groups excluding tert-OH is 1. The van der Waals surface area contributed by atoms with Crippen molar-refractivity contribution in [3.05, 3.63) is 64.2 Å². The normalized spacial score (nSPS) is 12.6. The van der Waals surface area contributed by atoms with Crippen molar-refractivity contribution >= 4 is 23.3 Å². The number of amides is 1. The van der Waals surface area contributed by atoms with Crippen LogP contribution in [0.15, 0.2) is 48.5 Å². The number of hydrogen-bond acceptors (Lipinski definition) is 7. The lowest BCUT2D eigenvalue weighted by molar-refractivity contribution is -0.384. The number of carbonyl (C=O) groups is 2. The Bertz CT molecular complexity index is 839. The van der Waals surface area contributed by atoms with Crippen molar-refractivity contribution in [3.8, 4) is 5.75 Å². The van der Waals surface area contributed by atoms with Gasteiger partial charge in [-0.3, -0.25) is 14.9 Å². The van der Waals surface area contributed by atoms with Gasteiger partial charge in [-0.1, -0.05) is 30.3 Å². The van der Waals surface area contributed by atoms with Gasteiger partial charge in [0.15, 0.2) is 12.2 Å². The summed E-state index contributed by atoms with van der Waals surface area (Å²) in [5.74, 6) is -1.57. The highest BCUT2D eigenvalue weighted by Crippen LogP contribution is 2.29. The Morgan fingerprint density at radius 1 is 1.19 bits per heavy atom. The molecule has 0 radical (unpaired) electrons. The van der Waals surface area contributed by atoms with Gasteiger partial charge in [0.1, 0.15) is 5.75 Å². The first-order valence-electron chi connectivity index (χ1n) is 7.90. The average molecular weight is 374 g/mol. The van der Waals surface area contributed by atoms with Gasteiger partial charge in [0.25, 0.3) is 11.6 Å². The van der Waals surface area contributed by atoms with E-state index in [-0.39, 0.29) is 17.1 Å². The molecule has 27 heavy (non-hydrogen) atoms. The van der Waals surface area contributed by atoms with Gasteiger partial charge < -0.3 is 19.9 Å². The van der Waals surface area contributed by atoms with E-state index in [9.17, 15) is 24.8 Å². The summed E-state index contributed by atoms with van der Waals surface area (Å²) in [5.41, 5.74) is 0.321. The standard InChI is InChI=1S/C18H18N2O7/c1-11(27-18(23)16(21)12-6-4-3-5-7-12)17(22)19-14-9-8-13(20(24)25)10-15(14)26-2/h3-11,16,21H,1-2H3,(H,19,22)/t11-,16+/m0/s1. The second-order valence-electron chi connectivity index (χ2n) is 5.52. The lowest BCUT2D eigenvalue weighted by Gasteiger charge is -2.17. The van der Waals surface area contributed by atoms with Crippen molar-refractivity contribution in [3.63, 3.8) is 0 Å². The Balaban J connectivity index is 2.03. The first kappa shape index (κ1) is 19.9. The Labute approximate surface area is 154 Å². The second kappa shape index (κ2) is 8.77. The van der Waals surface area contributed by atoms with E-state index in [1.807, 2.05) is 0 Å². The van der Waals surface area contributed by atoms with Crippen LogP contribution in [0.2, 0.25) is 0 Å². The predicted molar refractivity (Wildman–Crippen MR) is 95.2 cm³/mol. The van der Waals surface area contributed by atoms with Gasteiger partial charge >= 0.3 is 5.97 Å². The largest absolute Gasteiger partial charge is 0.494 e. The number of nitro groups is 1. The summed E-state index contributed by atoms with van der Waals surface area (Å²) in [6.07, 6.45) is -2.73. The molecule has 1 amide bonds. The zero-order valence-electron chi connectivity index (χ0n) is 14.6. The molecule has 142 valence electrons. The number of aliphatic hydroxyl groups is 1. The number of esters is 1. The van der Waals surface area contributed by atoms with Gasteiger partial charge in [0.05, 0.1) is 23.8 Å². The molecular weight excluding hydrogens is 356 g/mol. The van der Waals surface area contributed by atoms with E-state index >= 15 is 0 Å². The zero-order chi connectivity index (χ0) is 20.0. The van der Waals surface area contributed by atoms with Gasteiger partial charge in [-0.2, -0.15) is 0 Å². The molecule has 2 aromatic carbocycles. The number of carbonyl (C=O) groups excluding carboxylic acids is 2. The van der Waals surface area contributed by atoms with Crippen LogP contribution in [0.25, 0.3) is 0 Å². The fourth-order valence-electron chi connectivity index (χ4n) is 2.19. The molecule has 0 saturated heterocycles. The van der Waals surface area contributed by atoms with E-state index < -0.39 is 29.0 Å². The van der Waals surface area contributed by atoms with Crippen molar-refractivity contribution in [1.29, 1.82) is 0 Å². The van der Waals surface area contributed by atoms with Crippen LogP contribution < -0.4 is 10.1 Å². The van der Waals surface area contributed by atoms with Crippen molar-refractivity contribution in [2.24, 2.45) is 0 Å². The smallest absolute Gasteiger partial charge is 0.340 e. The fraction of sp³-hybridized carbons (Fsp3) is 0.222. The number of non-ortho nitro benzene ring substituents is 1. The van der Waals surface area contributed by atoms with Gasteiger partial charge in [-0.15, -0.1) is 0 Å². The topological polar surface area (TPSA) is 128 Å². The predicted octanol–water partition coefficient (Wildman–Crippen LogP) is 2.21. The summed E-state index contributed by atoms with van der Waals surface area (Å²) < 4.78 is 10.0. The lowest BCUT2D eigenvalue weighted by Crippen LogP contribution is -2.32. The highest BCUT2D eigenvalue weighted by Gasteiger charge is 2.25. The third kappa shape index (κ3) is 5.02. The molecule has 0 bridgehead atoms. The van der Waals surface area contributed by atoms with Crippen LogP contribution in [0.5, 0.6) is 5.75 Å². The minimum absolute atomic E-state index is 0.0837. The molecule has 0 aromatic heterocycles. The summed E-state index contributed by atoms with van der Waals surface area (Å²) in [6, 6.07) is 11.8. The minimum Gasteiger partial charge on any atom is -0.494 e. The van der Waals surface area contributed by atoms with E-state index in [0.29, 0.717) is 5.56 Å². The molecule has 0 aliphatic carbocycles. The van der Waals surface area contributed by atoms with Crippen molar-refractivity contribution in [2.75, 3.05) is 12.4 Å². The second-order valence-corrected chi connectivity index (χ2v) is 5.52. The molecule has 9 nitrogen and oxygen atoms in total. The lowest BCUT2D eigenvalue weighted by atomic mass is 10.1. The molecule has 2 N–H and O–H groups in total. The monoisotopic (exact) mass is 374 g/mol. The van der Waals surface area contributed by atoms with Crippen LogP contribution in [-0.4, -0.2) is 35.1 Å². The third-order valence-electron chi connectivity index (χ3n) is 3.65. The molecule has 0 aliphatic rings. The van der Waals surface area contributed by atoms with E-state index in [1.54, 1.807) is 30.3 Å². The number of benzene rings is 2. The van der Waals surface area contributed by atoms with Crippen LogP contribution in [0.4, 0.5) is 11.4 Å². The molecule has 9 heteroatoms. The van der Waals surface area contributed by atoms with Crippen molar-refractivity contribution in [2.45, 2.75) is 19.1 Å². The summed E-state index contributed by atoms with van der Waals surface area (Å²) >= 11 is 0. The number of hydrogen-bond donors (Lipinski definition) is 2. The Morgan fingerprint density at radius 2 is 1.85 bits per heavy atom. The number of nitrogens with one attached hydrogen (secondary N) is 1. The van der Waals surface area contributed by atoms with Crippen molar-refractivity contribution in [1.82, 2.24) is 0 Å². The first-order valence-corrected chi connectivity index (χ1v) is 7.90. The van der Waals surface area contributed by atoms with Crippen LogP contribution in [-0.2, 0) is 14.3 Å². The van der Waals surface area contributed by atoms with Crippen LogP contribution >= 0.6 is 0 Å². The summed E-state index contributed by atoms with van der Waals surface area (Å²) in [4.78, 5) is 34.4. The molecule has 2 rings (SSSR count). The summed E-state index contributed by atoms with van der Waals surface area (Å²) in [5, 5.41) is 23.2. The molecule has 0 fully saturated rings. The minimum atomic E-state index is -1.52. The van der Waals surface area contributed by atoms with Crippen LogP contribution in [0.1, 0.15) is 18.6 Å². The first-order chi connectivity index (χ1) is 12.8. The number of methoxy groups -OCH3 is 1. The van der Waals surface area contributed by atoms with Gasteiger partial charge in [0, 0.05) is 6.07 Å². The molecule has 2 aromatic rings. The maximum atomic E-state index is 12.2. The van der Waals surface area contributed by atoms with E-state index in [4.69, 9.17) is 9.47 Å². The molecule has 0 unspecified atom stereocenters. The van der Waals surface area contributed by atoms with Gasteiger partial charge in [-0.25, -0.2) is 4.79 Å². The van der Waals surface area contributed by atoms with E-state index in [0.717, 1.165) is 6.07 Å². The number of nitrogens with zero attached hydrogens (tertiary/aromatic N) is 1. The van der Waals surface area contributed by atoms with E-state index in [1.165, 1.54) is 26.2 Å². The molecule has 0 heterocycles. The number of ether oxygens (including phenoxy) is 2. The summed E-state index contributed by atoms with van der Waals surface area (Å²) in [6.45, 7) is 1.34. The van der Waals surface area contributed by atoms with Crippen LogP contribution in [0, 0.1) is 10.1 Å². The maximum absolute atomic E-state index is 12.2. The third-order valence-corrected chi connectivity index (χ3v) is 3.65. The Morgan fingerprint density at radius 3 is 2.44 bits per heavy atom. The molecule has 0 saturated carbocycles. The number of nitro benzene ring substituents is 1. The maximum Gasteiger partial charge on any atom is 0.340 e. The zero-order valence-corrected chi connectivity index (χ0v) is 14.6. The fourth-order valence-corrected chi connectivity index (χ4v) is 2.19. The van der Waals surface area contributed by atoms with Crippen LogP contribution in [0.3, 0.4) is 0 Å². The average Bonchev–Trinajstić information content (AvgIpc) is 2.67. The van der Waals surface area contributed by atoms with Crippen molar-refractivity contribution < 1.29 is 29.1 Å². The number of anilines is 1. The molecule has 2 atom stereocenters. The quantitative estimate of drug-likeness (QED) is 0.432. The highest BCUT2D eigenvalue weighted by molar-refractivity contribution is 5.96. The SMILES string of the molecule is COc1cc([N+](=O)[O-])ccc1NC(=O)[C@H](C)OC(=O)[C@H](O)c1ccccc1. The Hall–Kier alpha value is -3.46. The molecule has 0 aliphatic heterocycles. The van der Waals surface area contributed by atoms with Gasteiger partial charge in [-0.05, 0) is 18.6 Å².